The predicted molar refractivity (Wildman–Crippen MR) is 113 cm³/mol. The second-order valence-corrected chi connectivity index (χ2v) is 8.33. The van der Waals surface area contributed by atoms with E-state index in [0.29, 0.717) is 23.6 Å². The maximum absolute atomic E-state index is 13.5. The van der Waals surface area contributed by atoms with Crippen LogP contribution in [-0.4, -0.2) is 51.8 Å². The fourth-order valence-electron chi connectivity index (χ4n) is 4.08. The zero-order valence-electron chi connectivity index (χ0n) is 17.7. The molecule has 6 nitrogen and oxygen atoms in total. The number of amides is 1. The molecule has 170 valence electrons. The van der Waals surface area contributed by atoms with Crippen molar-refractivity contribution < 1.29 is 23.1 Å². The van der Waals surface area contributed by atoms with Crippen LogP contribution in [-0.2, 0) is 17.8 Å². The van der Waals surface area contributed by atoms with Crippen molar-refractivity contribution in [3.63, 3.8) is 0 Å². The first kappa shape index (κ1) is 22.3. The number of likely N-dealkylation sites (tertiary alicyclic amines) is 1. The van der Waals surface area contributed by atoms with Gasteiger partial charge in [0.15, 0.2) is 0 Å². The van der Waals surface area contributed by atoms with Gasteiger partial charge in [0.05, 0.1) is 30.8 Å². The quantitative estimate of drug-likeness (QED) is 0.740. The average molecular weight is 446 g/mol. The van der Waals surface area contributed by atoms with Gasteiger partial charge >= 0.3 is 0 Å². The number of halogens is 3. The third kappa shape index (κ3) is 4.93. The van der Waals surface area contributed by atoms with Crippen LogP contribution in [0.4, 0.5) is 13.2 Å². The van der Waals surface area contributed by atoms with E-state index >= 15 is 0 Å². The Hall–Kier alpha value is -2.94. The van der Waals surface area contributed by atoms with E-state index in [-0.39, 0.29) is 38.3 Å². The number of hydrogen-bond donors (Lipinski definition) is 2. The Labute approximate surface area is 184 Å². The van der Waals surface area contributed by atoms with Crippen molar-refractivity contribution in [3.05, 3.63) is 64.7 Å². The molecule has 4 rings (SSSR count). The lowest BCUT2D eigenvalue weighted by Crippen LogP contribution is -2.42. The Morgan fingerprint density at radius 1 is 1.25 bits per heavy atom. The van der Waals surface area contributed by atoms with Crippen molar-refractivity contribution in [2.45, 2.75) is 50.8 Å². The molecule has 0 bridgehead atoms. The molecule has 0 radical (unpaired) electrons. The number of carbonyl (C=O) groups excluding carboxylic acids is 1. The summed E-state index contributed by atoms with van der Waals surface area (Å²) in [4.78, 5) is 23.3. The topological polar surface area (TPSA) is 77.8 Å². The molecule has 2 aliphatic heterocycles. The fourth-order valence-corrected chi connectivity index (χ4v) is 4.08. The highest BCUT2D eigenvalue weighted by atomic mass is 19.3. The molecule has 2 aromatic rings. The number of benzene rings is 1. The van der Waals surface area contributed by atoms with E-state index in [0.717, 1.165) is 11.1 Å². The number of nitrogens with one attached hydrogen (secondary N) is 1. The molecule has 0 aliphatic carbocycles. The van der Waals surface area contributed by atoms with Crippen LogP contribution < -0.4 is 5.32 Å². The summed E-state index contributed by atoms with van der Waals surface area (Å²) in [6.07, 6.45) is 0.396. The summed E-state index contributed by atoms with van der Waals surface area (Å²) in [5.41, 5.74) is 2.86. The second kappa shape index (κ2) is 8.90. The minimum atomic E-state index is -2.62. The number of aliphatic hydroxyl groups excluding tert-OH is 1. The van der Waals surface area contributed by atoms with Gasteiger partial charge in [-0.1, -0.05) is 12.1 Å². The lowest BCUT2D eigenvalue weighted by atomic mass is 10.0. The second-order valence-electron chi connectivity index (χ2n) is 8.33. The van der Waals surface area contributed by atoms with E-state index in [1.165, 1.54) is 24.3 Å². The summed E-state index contributed by atoms with van der Waals surface area (Å²) in [6.45, 7) is 2.47. The molecule has 32 heavy (non-hydrogen) atoms. The molecule has 2 aliphatic rings. The molecule has 3 heterocycles. The molecule has 1 amide bonds. The maximum Gasteiger partial charge on any atom is 0.251 e. The van der Waals surface area contributed by atoms with Crippen LogP contribution >= 0.6 is 0 Å². The summed E-state index contributed by atoms with van der Waals surface area (Å²) in [5.74, 6) is -2.66. The van der Waals surface area contributed by atoms with E-state index in [1.54, 1.807) is 19.2 Å². The summed E-state index contributed by atoms with van der Waals surface area (Å²) in [7, 11) is 0. The lowest BCUT2D eigenvalue weighted by molar-refractivity contribution is -0.122. The number of aliphatic hydroxyl groups is 1. The Bertz CT molecular complexity index is 1010. The van der Waals surface area contributed by atoms with Crippen molar-refractivity contribution in [1.29, 1.82) is 0 Å². The monoisotopic (exact) mass is 446 g/mol. The normalized spacial score (nSPS) is 19.2. The van der Waals surface area contributed by atoms with E-state index in [2.05, 4.69) is 15.3 Å². The highest BCUT2D eigenvalue weighted by Gasteiger charge is 2.36. The zero-order chi connectivity index (χ0) is 22.9. The van der Waals surface area contributed by atoms with Gasteiger partial charge in [0, 0.05) is 37.7 Å². The first-order valence-corrected chi connectivity index (χ1v) is 10.6. The summed E-state index contributed by atoms with van der Waals surface area (Å²) >= 11 is 0. The molecule has 2 N–H and O–H groups in total. The lowest BCUT2D eigenvalue weighted by Gasteiger charge is -2.33. The number of aromatic nitrogens is 1. The number of nitrogens with zero attached hydrogens (tertiary/aromatic N) is 3. The molecule has 1 aromatic carbocycles. The van der Waals surface area contributed by atoms with Gasteiger partial charge in [0.2, 0.25) is 5.91 Å². The van der Waals surface area contributed by atoms with Crippen LogP contribution in [0.1, 0.15) is 48.2 Å². The number of carbonyl (C=O) groups is 1. The summed E-state index contributed by atoms with van der Waals surface area (Å²) in [6, 6.07) is 6.73. The van der Waals surface area contributed by atoms with Gasteiger partial charge in [0.25, 0.3) is 5.92 Å². The van der Waals surface area contributed by atoms with E-state index < -0.39 is 23.9 Å². The average Bonchev–Trinajstić information content (AvgIpc) is 3.16. The van der Waals surface area contributed by atoms with Crippen LogP contribution in [0.3, 0.4) is 0 Å². The molecule has 0 unspecified atom stereocenters. The minimum absolute atomic E-state index is 0.00294. The van der Waals surface area contributed by atoms with Crippen LogP contribution in [0.25, 0.3) is 0 Å². The SMILES string of the molecule is C[C@@H](O)[C@@H](NC(=O)Cc1cc2c(cn1)C(N1CCC(F)(F)CC1)=NC2)c1ccc(F)cc1. The first-order valence-electron chi connectivity index (χ1n) is 10.6. The summed E-state index contributed by atoms with van der Waals surface area (Å²) < 4.78 is 40.1. The van der Waals surface area contributed by atoms with E-state index in [9.17, 15) is 23.1 Å². The number of piperidine rings is 1. The Morgan fingerprint density at radius 2 is 1.94 bits per heavy atom. The third-order valence-corrected chi connectivity index (χ3v) is 5.85. The van der Waals surface area contributed by atoms with Crippen molar-refractivity contribution in [2.24, 2.45) is 4.99 Å². The van der Waals surface area contributed by atoms with Crippen LogP contribution in [0.15, 0.2) is 41.5 Å². The standard InChI is InChI=1S/C23H25F3N4O2/c1-14(31)21(15-2-4-17(24)5-3-15)29-20(32)11-18-10-16-12-28-22(19(16)13-27-18)30-8-6-23(25,26)7-9-30/h2-5,10,13-14,21,31H,6-9,11-12H2,1H3,(H,29,32)/t14-,21-/m1/s1. The number of hydrogen-bond acceptors (Lipinski definition) is 5. The van der Waals surface area contributed by atoms with Gasteiger partial charge in [0.1, 0.15) is 11.7 Å². The molecular weight excluding hydrogens is 421 g/mol. The first-order chi connectivity index (χ1) is 15.2. The molecular formula is C23H25F3N4O2. The summed E-state index contributed by atoms with van der Waals surface area (Å²) in [5, 5.41) is 12.8. The highest BCUT2D eigenvalue weighted by Crippen LogP contribution is 2.30. The predicted octanol–water partition coefficient (Wildman–Crippen LogP) is 2.99. The number of amidine groups is 1. The van der Waals surface area contributed by atoms with Gasteiger partial charge < -0.3 is 15.3 Å². The van der Waals surface area contributed by atoms with Crippen molar-refractivity contribution in [1.82, 2.24) is 15.2 Å². The van der Waals surface area contributed by atoms with Gasteiger partial charge in [-0.05, 0) is 36.2 Å². The van der Waals surface area contributed by atoms with Crippen LogP contribution in [0.2, 0.25) is 0 Å². The van der Waals surface area contributed by atoms with Crippen LogP contribution in [0.5, 0.6) is 0 Å². The number of alkyl halides is 2. The molecule has 2 atom stereocenters. The van der Waals surface area contributed by atoms with Crippen LogP contribution in [0, 0.1) is 5.82 Å². The third-order valence-electron chi connectivity index (χ3n) is 5.85. The Kier molecular flexibility index (Phi) is 6.19. The number of rotatable bonds is 5. The molecule has 9 heteroatoms. The maximum atomic E-state index is 13.5. The number of aliphatic imine (C=N–C) groups is 1. The molecule has 1 aromatic heterocycles. The van der Waals surface area contributed by atoms with Gasteiger partial charge in [-0.25, -0.2) is 13.2 Å². The van der Waals surface area contributed by atoms with Gasteiger partial charge in [-0.2, -0.15) is 0 Å². The molecule has 1 fully saturated rings. The van der Waals surface area contributed by atoms with E-state index in [1.807, 2.05) is 4.90 Å². The number of pyridine rings is 1. The van der Waals surface area contributed by atoms with Gasteiger partial charge in [-0.3, -0.25) is 14.8 Å². The zero-order valence-corrected chi connectivity index (χ0v) is 17.7. The minimum Gasteiger partial charge on any atom is -0.391 e. The fraction of sp³-hybridized carbons (Fsp3) is 0.435. The van der Waals surface area contributed by atoms with Crippen molar-refractivity contribution in [3.8, 4) is 0 Å². The smallest absolute Gasteiger partial charge is 0.251 e. The van der Waals surface area contributed by atoms with E-state index in [4.69, 9.17) is 0 Å². The van der Waals surface area contributed by atoms with Crippen molar-refractivity contribution in [2.75, 3.05) is 13.1 Å². The largest absolute Gasteiger partial charge is 0.391 e. The molecule has 1 saturated heterocycles. The van der Waals surface area contributed by atoms with Gasteiger partial charge in [-0.15, -0.1) is 0 Å². The Morgan fingerprint density at radius 3 is 2.59 bits per heavy atom. The highest BCUT2D eigenvalue weighted by molar-refractivity contribution is 6.01. The Balaban J connectivity index is 1.40. The molecule has 0 spiro atoms. The molecule has 0 saturated carbocycles. The van der Waals surface area contributed by atoms with Crippen molar-refractivity contribution >= 4 is 11.7 Å². The number of fused-ring (bicyclic) bond motifs is 1.